The van der Waals surface area contributed by atoms with E-state index in [9.17, 15) is 14.9 Å². The molecule has 1 aromatic heterocycles. The Labute approximate surface area is 139 Å². The van der Waals surface area contributed by atoms with Gasteiger partial charge in [-0.15, -0.1) is 0 Å². The number of para-hydroxylation sites is 1. The quantitative estimate of drug-likeness (QED) is 0.479. The summed E-state index contributed by atoms with van der Waals surface area (Å²) in [6.45, 7) is 2.59. The zero-order valence-electron chi connectivity index (χ0n) is 13.1. The summed E-state index contributed by atoms with van der Waals surface area (Å²) in [4.78, 5) is 26.5. The van der Waals surface area contributed by atoms with Gasteiger partial charge in [0, 0.05) is 30.4 Å². The van der Waals surface area contributed by atoms with Crippen LogP contribution in [0.5, 0.6) is 5.88 Å². The van der Waals surface area contributed by atoms with E-state index in [1.807, 2.05) is 13.0 Å². The lowest BCUT2D eigenvalue weighted by Gasteiger charge is -2.08. The molecular formula is C17H17N3O4. The summed E-state index contributed by atoms with van der Waals surface area (Å²) in [5.41, 5.74) is 1.08. The van der Waals surface area contributed by atoms with Crippen molar-refractivity contribution in [3.8, 4) is 5.88 Å². The fraction of sp³-hybridized carbons (Fsp3) is 0.176. The number of aromatic nitrogens is 1. The van der Waals surface area contributed by atoms with Crippen LogP contribution in [0, 0.1) is 10.1 Å². The third-order valence-corrected chi connectivity index (χ3v) is 3.13. The Hall–Kier alpha value is -3.22. The topological polar surface area (TPSA) is 94.4 Å². The summed E-state index contributed by atoms with van der Waals surface area (Å²) in [6, 6.07) is 9.79. The van der Waals surface area contributed by atoms with Crippen molar-refractivity contribution in [3.05, 3.63) is 69.9 Å². The van der Waals surface area contributed by atoms with Gasteiger partial charge in [0.25, 0.3) is 5.69 Å². The van der Waals surface area contributed by atoms with Crippen molar-refractivity contribution in [1.82, 2.24) is 10.3 Å². The van der Waals surface area contributed by atoms with Gasteiger partial charge in [-0.1, -0.05) is 18.2 Å². The summed E-state index contributed by atoms with van der Waals surface area (Å²) < 4.78 is 5.39. The zero-order chi connectivity index (χ0) is 17.4. The van der Waals surface area contributed by atoms with E-state index in [0.29, 0.717) is 18.1 Å². The van der Waals surface area contributed by atoms with Crippen LogP contribution in [-0.2, 0) is 11.3 Å². The molecule has 7 nitrogen and oxygen atoms in total. The molecule has 1 heterocycles. The lowest BCUT2D eigenvalue weighted by atomic mass is 10.1. The summed E-state index contributed by atoms with van der Waals surface area (Å²) in [6.07, 6.45) is 4.30. The minimum absolute atomic E-state index is 0.0487. The first-order valence-electron chi connectivity index (χ1n) is 7.38. The molecule has 0 bridgehead atoms. The maximum atomic E-state index is 11.9. The van der Waals surface area contributed by atoms with Crippen molar-refractivity contribution in [2.75, 3.05) is 6.61 Å². The minimum Gasteiger partial charge on any atom is -0.478 e. The van der Waals surface area contributed by atoms with E-state index in [1.165, 1.54) is 18.2 Å². The molecule has 0 fully saturated rings. The minimum atomic E-state index is -0.485. The van der Waals surface area contributed by atoms with Gasteiger partial charge >= 0.3 is 0 Å². The van der Waals surface area contributed by atoms with Crippen molar-refractivity contribution >= 4 is 17.7 Å². The van der Waals surface area contributed by atoms with E-state index < -0.39 is 4.92 Å². The number of benzene rings is 1. The van der Waals surface area contributed by atoms with Gasteiger partial charge in [0.05, 0.1) is 17.1 Å². The Bertz CT molecular complexity index is 759. The van der Waals surface area contributed by atoms with Crippen molar-refractivity contribution in [2.45, 2.75) is 13.5 Å². The highest BCUT2D eigenvalue weighted by molar-refractivity contribution is 5.92. The molecule has 2 aromatic rings. The maximum absolute atomic E-state index is 11.9. The van der Waals surface area contributed by atoms with Crippen molar-refractivity contribution in [2.24, 2.45) is 0 Å². The number of nitrogens with zero attached hydrogens (tertiary/aromatic N) is 2. The Kier molecular flexibility index (Phi) is 6.01. The molecule has 1 N–H and O–H groups in total. The molecule has 2 rings (SSSR count). The second kappa shape index (κ2) is 8.42. The van der Waals surface area contributed by atoms with Crippen LogP contribution in [0.1, 0.15) is 18.1 Å². The third kappa shape index (κ3) is 4.64. The van der Waals surface area contributed by atoms with E-state index in [-0.39, 0.29) is 18.1 Å². The van der Waals surface area contributed by atoms with Crippen LogP contribution in [0.2, 0.25) is 0 Å². The first-order chi connectivity index (χ1) is 11.6. The number of amides is 1. The highest BCUT2D eigenvalue weighted by Gasteiger charge is 2.10. The molecule has 24 heavy (non-hydrogen) atoms. The number of rotatable bonds is 7. The SMILES string of the molecule is CCOc1ncccc1CNC(=O)/C=C/c1ccccc1[N+](=O)[O-]. The summed E-state index contributed by atoms with van der Waals surface area (Å²) in [5.74, 6) is 0.113. The molecule has 124 valence electrons. The predicted octanol–water partition coefficient (Wildman–Crippen LogP) is 2.72. The number of hydrogen-bond donors (Lipinski definition) is 1. The summed E-state index contributed by atoms with van der Waals surface area (Å²) in [5, 5.41) is 13.6. The molecular weight excluding hydrogens is 310 g/mol. The van der Waals surface area contributed by atoms with Crippen LogP contribution in [0.25, 0.3) is 6.08 Å². The normalized spacial score (nSPS) is 10.5. The fourth-order valence-corrected chi connectivity index (χ4v) is 2.03. The van der Waals surface area contributed by atoms with Crippen molar-refractivity contribution < 1.29 is 14.5 Å². The molecule has 1 amide bonds. The van der Waals surface area contributed by atoms with Gasteiger partial charge in [-0.05, 0) is 25.1 Å². The number of pyridine rings is 1. The summed E-state index contributed by atoms with van der Waals surface area (Å²) >= 11 is 0. The van der Waals surface area contributed by atoms with Gasteiger partial charge < -0.3 is 10.1 Å². The number of hydrogen-bond acceptors (Lipinski definition) is 5. The second-order valence-corrected chi connectivity index (χ2v) is 4.77. The lowest BCUT2D eigenvalue weighted by molar-refractivity contribution is -0.385. The molecule has 0 spiro atoms. The number of carbonyl (C=O) groups is 1. The Morgan fingerprint density at radius 3 is 2.88 bits per heavy atom. The van der Waals surface area contributed by atoms with Crippen molar-refractivity contribution in [1.29, 1.82) is 0 Å². The van der Waals surface area contributed by atoms with E-state index in [2.05, 4.69) is 10.3 Å². The molecule has 0 atom stereocenters. The van der Waals surface area contributed by atoms with Crippen LogP contribution < -0.4 is 10.1 Å². The standard InChI is InChI=1S/C17H17N3O4/c1-2-24-17-14(7-5-11-18-17)12-19-16(21)10-9-13-6-3-4-8-15(13)20(22)23/h3-11H,2,12H2,1H3,(H,19,21)/b10-9+. The van der Waals surface area contributed by atoms with Crippen LogP contribution in [-0.4, -0.2) is 22.4 Å². The molecule has 0 saturated carbocycles. The molecule has 7 heteroatoms. The van der Waals surface area contributed by atoms with E-state index >= 15 is 0 Å². The van der Waals surface area contributed by atoms with E-state index in [1.54, 1.807) is 30.5 Å². The molecule has 0 radical (unpaired) electrons. The number of nitro benzene ring substituents is 1. The number of carbonyl (C=O) groups excluding carboxylic acids is 1. The molecule has 0 aliphatic heterocycles. The molecule has 0 aliphatic carbocycles. The monoisotopic (exact) mass is 327 g/mol. The molecule has 0 unspecified atom stereocenters. The smallest absolute Gasteiger partial charge is 0.276 e. The average molecular weight is 327 g/mol. The lowest BCUT2D eigenvalue weighted by Crippen LogP contribution is -2.20. The van der Waals surface area contributed by atoms with Gasteiger partial charge in [-0.2, -0.15) is 0 Å². The van der Waals surface area contributed by atoms with Crippen LogP contribution in [0.15, 0.2) is 48.7 Å². The van der Waals surface area contributed by atoms with Crippen LogP contribution in [0.4, 0.5) is 5.69 Å². The van der Waals surface area contributed by atoms with Gasteiger partial charge in [0.1, 0.15) is 0 Å². The van der Waals surface area contributed by atoms with Gasteiger partial charge in [-0.25, -0.2) is 4.98 Å². The van der Waals surface area contributed by atoms with Crippen LogP contribution in [0.3, 0.4) is 0 Å². The van der Waals surface area contributed by atoms with E-state index in [4.69, 9.17) is 4.74 Å². The molecule has 0 aliphatic rings. The first-order valence-corrected chi connectivity index (χ1v) is 7.38. The Balaban J connectivity index is 2.01. The highest BCUT2D eigenvalue weighted by atomic mass is 16.6. The molecule has 0 saturated heterocycles. The molecule has 1 aromatic carbocycles. The fourth-order valence-electron chi connectivity index (χ4n) is 2.03. The Morgan fingerprint density at radius 2 is 2.12 bits per heavy atom. The third-order valence-electron chi connectivity index (χ3n) is 3.13. The van der Waals surface area contributed by atoms with Crippen LogP contribution >= 0.6 is 0 Å². The van der Waals surface area contributed by atoms with Gasteiger partial charge in [0.15, 0.2) is 0 Å². The first kappa shape index (κ1) is 17.1. The zero-order valence-corrected chi connectivity index (χ0v) is 13.1. The Morgan fingerprint density at radius 1 is 1.33 bits per heavy atom. The van der Waals surface area contributed by atoms with Crippen molar-refractivity contribution in [3.63, 3.8) is 0 Å². The van der Waals surface area contributed by atoms with Gasteiger partial charge in [0.2, 0.25) is 11.8 Å². The largest absolute Gasteiger partial charge is 0.478 e. The predicted molar refractivity (Wildman–Crippen MR) is 89.4 cm³/mol. The number of nitrogens with one attached hydrogen (secondary N) is 1. The highest BCUT2D eigenvalue weighted by Crippen LogP contribution is 2.19. The number of ether oxygens (including phenoxy) is 1. The second-order valence-electron chi connectivity index (χ2n) is 4.77. The van der Waals surface area contributed by atoms with E-state index in [0.717, 1.165) is 5.56 Å². The number of nitro groups is 1. The maximum Gasteiger partial charge on any atom is 0.276 e. The van der Waals surface area contributed by atoms with Gasteiger partial charge in [-0.3, -0.25) is 14.9 Å². The average Bonchev–Trinajstić information content (AvgIpc) is 2.59. The summed E-state index contributed by atoms with van der Waals surface area (Å²) in [7, 11) is 0.